The van der Waals surface area contributed by atoms with E-state index in [0.717, 1.165) is 48.1 Å². The van der Waals surface area contributed by atoms with Crippen molar-refractivity contribution in [2.45, 2.75) is 0 Å². The van der Waals surface area contributed by atoms with E-state index in [2.05, 4.69) is 15.2 Å². The Kier molecular flexibility index (Phi) is 5.73. The van der Waals surface area contributed by atoms with Crippen LogP contribution in [0.5, 0.6) is 11.5 Å². The van der Waals surface area contributed by atoms with Crippen LogP contribution in [0.4, 0.5) is 0 Å². The second-order valence-corrected chi connectivity index (χ2v) is 5.95. The first-order valence-electron chi connectivity index (χ1n) is 8.62. The third-order valence-electron chi connectivity index (χ3n) is 4.34. The van der Waals surface area contributed by atoms with Crippen LogP contribution in [0.25, 0.3) is 0 Å². The maximum Gasteiger partial charge on any atom is 0.131 e. The third kappa shape index (κ3) is 4.14. The molecule has 1 aliphatic rings. The lowest BCUT2D eigenvalue weighted by Gasteiger charge is -2.21. The SMILES string of the molecule is COc1ccc(C(=N)NCCN2CCN=C2c2ccc(OC)cc2)cc1. The fourth-order valence-electron chi connectivity index (χ4n) is 2.89. The molecule has 0 saturated carbocycles. The molecule has 0 bridgehead atoms. The van der Waals surface area contributed by atoms with Gasteiger partial charge in [-0.05, 0) is 48.5 Å². The van der Waals surface area contributed by atoms with E-state index in [4.69, 9.17) is 14.9 Å². The predicted octanol–water partition coefficient (Wildman–Crippen LogP) is 2.38. The molecule has 6 heteroatoms. The molecule has 0 unspecified atom stereocenters. The molecule has 2 N–H and O–H groups in total. The summed E-state index contributed by atoms with van der Waals surface area (Å²) in [5.41, 5.74) is 1.93. The number of aliphatic imine (C=N–C) groups is 1. The van der Waals surface area contributed by atoms with Gasteiger partial charge in [-0.1, -0.05) is 0 Å². The van der Waals surface area contributed by atoms with Crippen molar-refractivity contribution in [2.75, 3.05) is 40.4 Å². The van der Waals surface area contributed by atoms with Crippen LogP contribution in [0.3, 0.4) is 0 Å². The molecule has 0 aliphatic carbocycles. The minimum absolute atomic E-state index is 0.412. The van der Waals surface area contributed by atoms with E-state index in [-0.39, 0.29) is 0 Å². The number of amidine groups is 2. The zero-order valence-corrected chi connectivity index (χ0v) is 15.2. The van der Waals surface area contributed by atoms with E-state index in [9.17, 15) is 0 Å². The Bertz CT molecular complexity index is 769. The quantitative estimate of drug-likeness (QED) is 0.593. The van der Waals surface area contributed by atoms with Crippen molar-refractivity contribution < 1.29 is 9.47 Å². The molecule has 0 radical (unpaired) electrons. The molecular formula is C20H24N4O2. The summed E-state index contributed by atoms with van der Waals surface area (Å²) in [5, 5.41) is 11.4. The fraction of sp³-hybridized carbons (Fsp3) is 0.300. The highest BCUT2D eigenvalue weighted by atomic mass is 16.5. The number of ether oxygens (including phenoxy) is 2. The second kappa shape index (κ2) is 8.38. The first kappa shape index (κ1) is 17.8. The van der Waals surface area contributed by atoms with Crippen LogP contribution in [0.1, 0.15) is 11.1 Å². The molecule has 1 aliphatic heterocycles. The van der Waals surface area contributed by atoms with Crippen LogP contribution in [-0.4, -0.2) is 57.0 Å². The second-order valence-electron chi connectivity index (χ2n) is 5.95. The van der Waals surface area contributed by atoms with Gasteiger partial charge in [-0.3, -0.25) is 10.4 Å². The molecule has 0 amide bonds. The van der Waals surface area contributed by atoms with Crippen molar-refractivity contribution in [3.05, 3.63) is 59.7 Å². The largest absolute Gasteiger partial charge is 0.497 e. The molecule has 2 aromatic rings. The molecule has 26 heavy (non-hydrogen) atoms. The van der Waals surface area contributed by atoms with E-state index < -0.39 is 0 Å². The van der Waals surface area contributed by atoms with E-state index in [1.54, 1.807) is 14.2 Å². The summed E-state index contributed by atoms with van der Waals surface area (Å²) < 4.78 is 10.4. The smallest absolute Gasteiger partial charge is 0.131 e. The summed E-state index contributed by atoms with van der Waals surface area (Å²) in [6.07, 6.45) is 0. The number of methoxy groups -OCH3 is 2. The number of rotatable bonds is 7. The highest BCUT2D eigenvalue weighted by Crippen LogP contribution is 2.16. The normalized spacial score (nSPS) is 13.3. The van der Waals surface area contributed by atoms with Crippen molar-refractivity contribution in [1.29, 1.82) is 5.41 Å². The zero-order chi connectivity index (χ0) is 18.4. The van der Waals surface area contributed by atoms with Crippen LogP contribution in [0, 0.1) is 5.41 Å². The van der Waals surface area contributed by atoms with E-state index >= 15 is 0 Å². The number of hydrogen-bond acceptors (Lipinski definition) is 5. The van der Waals surface area contributed by atoms with Gasteiger partial charge in [-0.15, -0.1) is 0 Å². The van der Waals surface area contributed by atoms with Gasteiger partial charge in [0.05, 0.1) is 20.8 Å². The fourth-order valence-corrected chi connectivity index (χ4v) is 2.89. The molecule has 1 heterocycles. The van der Waals surface area contributed by atoms with Gasteiger partial charge in [0.1, 0.15) is 23.2 Å². The molecule has 0 fully saturated rings. The Morgan fingerprint density at radius 3 is 2.27 bits per heavy atom. The van der Waals surface area contributed by atoms with E-state index in [1.165, 1.54) is 0 Å². The van der Waals surface area contributed by atoms with Gasteiger partial charge in [-0.25, -0.2) is 0 Å². The van der Waals surface area contributed by atoms with Crippen LogP contribution in [0.2, 0.25) is 0 Å². The molecular weight excluding hydrogens is 328 g/mol. The number of nitrogens with zero attached hydrogens (tertiary/aromatic N) is 2. The lowest BCUT2D eigenvalue weighted by molar-refractivity contribution is 0.414. The Labute approximate surface area is 154 Å². The van der Waals surface area contributed by atoms with Gasteiger partial charge >= 0.3 is 0 Å². The van der Waals surface area contributed by atoms with Crippen LogP contribution in [-0.2, 0) is 0 Å². The molecule has 2 aromatic carbocycles. The van der Waals surface area contributed by atoms with Gasteiger partial charge in [0, 0.05) is 30.8 Å². The number of hydrogen-bond donors (Lipinski definition) is 2. The summed E-state index contributed by atoms with van der Waals surface area (Å²) in [4.78, 5) is 6.87. The van der Waals surface area contributed by atoms with E-state index in [0.29, 0.717) is 12.4 Å². The van der Waals surface area contributed by atoms with E-state index in [1.807, 2.05) is 48.5 Å². The molecule has 0 atom stereocenters. The Morgan fingerprint density at radius 2 is 1.65 bits per heavy atom. The van der Waals surface area contributed by atoms with Gasteiger partial charge in [0.15, 0.2) is 0 Å². The average molecular weight is 352 g/mol. The molecule has 6 nitrogen and oxygen atoms in total. The summed E-state index contributed by atoms with van der Waals surface area (Å²) in [6, 6.07) is 15.5. The first-order chi connectivity index (χ1) is 12.7. The minimum Gasteiger partial charge on any atom is -0.497 e. The summed E-state index contributed by atoms with van der Waals surface area (Å²) in [6.45, 7) is 3.18. The predicted molar refractivity (Wildman–Crippen MR) is 104 cm³/mol. The monoisotopic (exact) mass is 352 g/mol. The molecule has 0 saturated heterocycles. The van der Waals surface area contributed by atoms with Crippen molar-refractivity contribution in [3.63, 3.8) is 0 Å². The molecule has 0 spiro atoms. The van der Waals surface area contributed by atoms with Crippen LogP contribution in [0.15, 0.2) is 53.5 Å². The van der Waals surface area contributed by atoms with Crippen molar-refractivity contribution in [1.82, 2.24) is 10.2 Å². The first-order valence-corrected chi connectivity index (χ1v) is 8.62. The maximum absolute atomic E-state index is 8.18. The average Bonchev–Trinajstić information content (AvgIpc) is 3.16. The molecule has 136 valence electrons. The lowest BCUT2D eigenvalue weighted by Crippen LogP contribution is -2.37. The van der Waals surface area contributed by atoms with Crippen LogP contribution < -0.4 is 14.8 Å². The summed E-state index contributed by atoms with van der Waals surface area (Å²) >= 11 is 0. The topological polar surface area (TPSA) is 69.9 Å². The van der Waals surface area contributed by atoms with Crippen molar-refractivity contribution in [2.24, 2.45) is 4.99 Å². The number of benzene rings is 2. The Hall–Kier alpha value is -3.02. The van der Waals surface area contributed by atoms with Crippen molar-refractivity contribution in [3.8, 4) is 11.5 Å². The van der Waals surface area contributed by atoms with Gasteiger partial charge in [0.2, 0.25) is 0 Å². The lowest BCUT2D eigenvalue weighted by atomic mass is 10.2. The van der Waals surface area contributed by atoms with Gasteiger partial charge in [-0.2, -0.15) is 0 Å². The molecule has 0 aromatic heterocycles. The standard InChI is InChI=1S/C20H24N4O2/c1-25-17-7-3-15(4-8-17)19(21)22-11-13-24-14-12-23-20(24)16-5-9-18(26-2)10-6-16/h3-10H,11-14H2,1-2H3,(H2,21,22). The minimum atomic E-state index is 0.412. The number of nitrogens with one attached hydrogen (secondary N) is 2. The third-order valence-corrected chi connectivity index (χ3v) is 4.34. The van der Waals surface area contributed by atoms with Crippen LogP contribution >= 0.6 is 0 Å². The zero-order valence-electron chi connectivity index (χ0n) is 15.2. The Morgan fingerprint density at radius 1 is 1.04 bits per heavy atom. The summed E-state index contributed by atoms with van der Waals surface area (Å²) in [5.74, 6) is 3.05. The molecule has 3 rings (SSSR count). The maximum atomic E-state index is 8.18. The van der Waals surface area contributed by atoms with Gasteiger partial charge < -0.3 is 19.7 Å². The van der Waals surface area contributed by atoms with Crippen molar-refractivity contribution >= 4 is 11.7 Å². The highest BCUT2D eigenvalue weighted by Gasteiger charge is 2.18. The highest BCUT2D eigenvalue weighted by molar-refractivity contribution is 6.00. The summed E-state index contributed by atoms with van der Waals surface area (Å²) in [7, 11) is 3.30. The Balaban J connectivity index is 1.53. The van der Waals surface area contributed by atoms with Gasteiger partial charge in [0.25, 0.3) is 0 Å².